The summed E-state index contributed by atoms with van der Waals surface area (Å²) in [5, 5.41) is 0. The summed E-state index contributed by atoms with van der Waals surface area (Å²) in [5.41, 5.74) is 1.48. The molecule has 0 fully saturated rings. The number of hydrogen-bond donors (Lipinski definition) is 1. The Kier molecular flexibility index (Phi) is 5.12. The normalized spacial score (nSPS) is 12.2. The van der Waals surface area contributed by atoms with Crippen molar-refractivity contribution in [3.63, 3.8) is 0 Å². The highest BCUT2D eigenvalue weighted by molar-refractivity contribution is 7.89. The number of aryl methyl sites for hydroxylation is 1. The molecule has 0 aliphatic rings. The van der Waals surface area contributed by atoms with Crippen LogP contribution in [0.15, 0.2) is 53.4 Å². The molecule has 0 amide bonds. The molecule has 0 radical (unpaired) electrons. The molecule has 1 N–H and O–H groups in total. The van der Waals surface area contributed by atoms with Gasteiger partial charge in [0.1, 0.15) is 11.4 Å². The van der Waals surface area contributed by atoms with Gasteiger partial charge in [-0.1, -0.05) is 35.9 Å². The first-order valence-corrected chi connectivity index (χ1v) is 8.99. The van der Waals surface area contributed by atoms with Crippen molar-refractivity contribution in [3.05, 3.63) is 59.7 Å². The van der Waals surface area contributed by atoms with Gasteiger partial charge in [-0.2, -0.15) is 0 Å². The van der Waals surface area contributed by atoms with Crippen LogP contribution in [-0.2, 0) is 16.6 Å². The van der Waals surface area contributed by atoms with E-state index < -0.39 is 10.0 Å². The lowest BCUT2D eigenvalue weighted by Crippen LogP contribution is -2.26. The molecule has 0 spiro atoms. The number of hydrogen-bond acceptors (Lipinski definition) is 3. The minimum atomic E-state index is -3.54. The largest absolute Gasteiger partial charge is 0.488 e. The molecule has 0 aliphatic carbocycles. The van der Waals surface area contributed by atoms with E-state index in [-0.39, 0.29) is 17.0 Å². The van der Waals surface area contributed by atoms with Crippen LogP contribution < -0.4 is 9.46 Å². The summed E-state index contributed by atoms with van der Waals surface area (Å²) in [4.78, 5) is 0.261. The molecule has 2 rings (SSSR count). The molecule has 2 aromatic rings. The molecule has 4 nitrogen and oxygen atoms in total. The molecule has 0 bridgehead atoms. The summed E-state index contributed by atoms with van der Waals surface area (Å²) in [5.74, 6) is 0.687. The van der Waals surface area contributed by atoms with Gasteiger partial charge in [0.05, 0.1) is 4.90 Å². The summed E-state index contributed by atoms with van der Waals surface area (Å²) >= 11 is 0. The molecule has 0 unspecified atom stereocenters. The molecule has 5 heteroatoms. The second kappa shape index (κ2) is 6.72. The first kappa shape index (κ1) is 17.5. The van der Waals surface area contributed by atoms with E-state index in [4.69, 9.17) is 4.74 Å². The zero-order valence-electron chi connectivity index (χ0n) is 14.0. The minimum absolute atomic E-state index is 0.183. The van der Waals surface area contributed by atoms with Crippen LogP contribution in [-0.4, -0.2) is 14.0 Å². The Hall–Kier alpha value is -1.85. The molecule has 0 saturated carbocycles. The van der Waals surface area contributed by atoms with Gasteiger partial charge in [-0.25, -0.2) is 13.1 Å². The molecule has 0 atom stereocenters. The van der Waals surface area contributed by atoms with E-state index in [0.717, 1.165) is 11.1 Å². The second-order valence-electron chi connectivity index (χ2n) is 6.46. The summed E-state index contributed by atoms with van der Waals surface area (Å²) in [6.45, 7) is 7.98. The molecule has 2 aromatic carbocycles. The van der Waals surface area contributed by atoms with Crippen molar-refractivity contribution in [3.8, 4) is 5.75 Å². The topological polar surface area (TPSA) is 55.4 Å². The highest BCUT2D eigenvalue weighted by Crippen LogP contribution is 2.23. The van der Waals surface area contributed by atoms with Crippen LogP contribution in [0.5, 0.6) is 5.75 Å². The molecule has 124 valence electrons. The molecule has 23 heavy (non-hydrogen) atoms. The zero-order chi connectivity index (χ0) is 17.1. The van der Waals surface area contributed by atoms with Crippen molar-refractivity contribution in [2.45, 2.75) is 44.7 Å². The van der Waals surface area contributed by atoms with E-state index in [1.54, 1.807) is 24.3 Å². The number of nitrogens with one attached hydrogen (secondary N) is 1. The van der Waals surface area contributed by atoms with Crippen LogP contribution in [0.4, 0.5) is 0 Å². The van der Waals surface area contributed by atoms with Crippen molar-refractivity contribution >= 4 is 10.0 Å². The Morgan fingerprint density at radius 1 is 1.00 bits per heavy atom. The Balaban J connectivity index is 2.16. The number of para-hydroxylation sites is 1. The average Bonchev–Trinajstić information content (AvgIpc) is 2.45. The molecule has 0 heterocycles. The van der Waals surface area contributed by atoms with E-state index in [1.165, 1.54) is 0 Å². The quantitative estimate of drug-likeness (QED) is 0.908. The van der Waals surface area contributed by atoms with Gasteiger partial charge in [-0.15, -0.1) is 0 Å². The first-order chi connectivity index (χ1) is 10.7. The highest BCUT2D eigenvalue weighted by atomic mass is 32.2. The Morgan fingerprint density at radius 2 is 1.61 bits per heavy atom. The smallest absolute Gasteiger partial charge is 0.240 e. The summed E-state index contributed by atoms with van der Waals surface area (Å²) in [6.07, 6.45) is 0. The summed E-state index contributed by atoms with van der Waals surface area (Å²) in [6, 6.07) is 14.2. The molecular formula is C18H23NO3S. The van der Waals surface area contributed by atoms with Gasteiger partial charge in [-0.3, -0.25) is 0 Å². The third-order valence-electron chi connectivity index (χ3n) is 3.17. The van der Waals surface area contributed by atoms with Crippen LogP contribution in [0.25, 0.3) is 0 Å². The fourth-order valence-corrected chi connectivity index (χ4v) is 3.06. The van der Waals surface area contributed by atoms with Crippen LogP contribution >= 0.6 is 0 Å². The highest BCUT2D eigenvalue weighted by Gasteiger charge is 2.17. The van der Waals surface area contributed by atoms with Gasteiger partial charge in [0.2, 0.25) is 10.0 Å². The second-order valence-corrected chi connectivity index (χ2v) is 8.23. The lowest BCUT2D eigenvalue weighted by molar-refractivity contribution is 0.129. The van der Waals surface area contributed by atoms with Crippen molar-refractivity contribution in [1.29, 1.82) is 0 Å². The number of benzene rings is 2. The van der Waals surface area contributed by atoms with Gasteiger partial charge < -0.3 is 4.74 Å². The van der Waals surface area contributed by atoms with Gasteiger partial charge in [0.15, 0.2) is 0 Å². The first-order valence-electron chi connectivity index (χ1n) is 7.51. The third kappa shape index (κ3) is 5.08. The lowest BCUT2D eigenvalue weighted by Gasteiger charge is -2.23. The molecule has 0 saturated heterocycles. The fraction of sp³-hybridized carbons (Fsp3) is 0.333. The van der Waals surface area contributed by atoms with E-state index in [2.05, 4.69) is 4.72 Å². The maximum Gasteiger partial charge on any atom is 0.240 e. The maximum absolute atomic E-state index is 12.4. The fourth-order valence-electron chi connectivity index (χ4n) is 2.05. The predicted molar refractivity (Wildman–Crippen MR) is 92.0 cm³/mol. The SMILES string of the molecule is Cc1ccc(S(=O)(=O)NCc2ccccc2OC(C)(C)C)cc1. The molecular weight excluding hydrogens is 310 g/mol. The van der Waals surface area contributed by atoms with E-state index >= 15 is 0 Å². The average molecular weight is 333 g/mol. The Labute approximate surface area is 138 Å². The number of rotatable bonds is 5. The van der Waals surface area contributed by atoms with Crippen LogP contribution in [0, 0.1) is 6.92 Å². The van der Waals surface area contributed by atoms with E-state index in [1.807, 2.05) is 52.0 Å². The third-order valence-corrected chi connectivity index (χ3v) is 4.59. The Morgan fingerprint density at radius 3 is 2.22 bits per heavy atom. The number of sulfonamides is 1. The lowest BCUT2D eigenvalue weighted by atomic mass is 10.1. The summed E-state index contributed by atoms with van der Waals surface area (Å²) < 4.78 is 33.2. The zero-order valence-corrected chi connectivity index (χ0v) is 14.8. The standard InChI is InChI=1S/C18H23NO3S/c1-14-9-11-16(12-10-14)23(20,21)19-13-15-7-5-6-8-17(15)22-18(2,3)4/h5-12,19H,13H2,1-4H3. The van der Waals surface area contributed by atoms with Gasteiger partial charge in [-0.05, 0) is 45.9 Å². The predicted octanol–water partition coefficient (Wildman–Crippen LogP) is 3.65. The van der Waals surface area contributed by atoms with Crippen molar-refractivity contribution in [2.75, 3.05) is 0 Å². The van der Waals surface area contributed by atoms with E-state index in [0.29, 0.717) is 5.75 Å². The van der Waals surface area contributed by atoms with Crippen molar-refractivity contribution in [2.24, 2.45) is 0 Å². The molecule has 0 aromatic heterocycles. The molecule has 0 aliphatic heterocycles. The van der Waals surface area contributed by atoms with Gasteiger partial charge in [0.25, 0.3) is 0 Å². The Bertz CT molecular complexity index is 760. The summed E-state index contributed by atoms with van der Waals surface area (Å²) in [7, 11) is -3.54. The van der Waals surface area contributed by atoms with Crippen LogP contribution in [0.2, 0.25) is 0 Å². The minimum Gasteiger partial charge on any atom is -0.488 e. The van der Waals surface area contributed by atoms with Crippen molar-refractivity contribution in [1.82, 2.24) is 4.72 Å². The van der Waals surface area contributed by atoms with Crippen LogP contribution in [0.1, 0.15) is 31.9 Å². The van der Waals surface area contributed by atoms with Crippen LogP contribution in [0.3, 0.4) is 0 Å². The van der Waals surface area contributed by atoms with Crippen molar-refractivity contribution < 1.29 is 13.2 Å². The number of ether oxygens (including phenoxy) is 1. The van der Waals surface area contributed by atoms with Gasteiger partial charge in [0, 0.05) is 12.1 Å². The van der Waals surface area contributed by atoms with E-state index in [9.17, 15) is 8.42 Å². The van der Waals surface area contributed by atoms with Gasteiger partial charge >= 0.3 is 0 Å². The maximum atomic E-state index is 12.4. The monoisotopic (exact) mass is 333 g/mol.